The molecule has 13 heteroatoms. The summed E-state index contributed by atoms with van der Waals surface area (Å²) in [5.74, 6) is -1.16. The van der Waals surface area contributed by atoms with Gasteiger partial charge >= 0.3 is 11.9 Å². The Morgan fingerprint density at radius 2 is 0.775 bits per heavy atom. The number of rotatable bonds is 34. The molecule has 0 rings (SSSR count). The Labute approximate surface area is 238 Å². The Bertz CT molecular complexity index is 537. The van der Waals surface area contributed by atoms with E-state index >= 15 is 0 Å². The van der Waals surface area contributed by atoms with E-state index in [4.69, 9.17) is 52.5 Å². The van der Waals surface area contributed by atoms with Gasteiger partial charge in [-0.15, -0.1) is 0 Å². The van der Waals surface area contributed by atoms with Gasteiger partial charge in [0.1, 0.15) is 13.2 Å². The second-order valence-corrected chi connectivity index (χ2v) is 8.38. The standard InChI is InChI=1S/C27H52O13/c1-2-3-4-5-6-27(30)40-24-23-38-20-19-36-16-15-34-12-11-32-8-7-31-9-10-33-13-14-35-17-18-37-21-22-39-25-26(28)29/h2-25H2,1H3,(H,28,29). The molecule has 0 saturated carbocycles. The first-order valence-electron chi connectivity index (χ1n) is 14.2. The molecule has 0 radical (unpaired) electrons. The minimum absolute atomic E-state index is 0.158. The number of unbranched alkanes of at least 4 members (excludes halogenated alkanes) is 3. The van der Waals surface area contributed by atoms with Crippen LogP contribution >= 0.6 is 0 Å². The molecular weight excluding hydrogens is 532 g/mol. The summed E-state index contributed by atoms with van der Waals surface area (Å²) in [4.78, 5) is 21.8. The number of carboxylic acids is 1. The molecule has 1 N–H and O–H groups in total. The third-order valence-corrected chi connectivity index (χ3v) is 4.93. The highest BCUT2D eigenvalue weighted by molar-refractivity contribution is 5.69. The summed E-state index contributed by atoms with van der Waals surface area (Å²) < 4.78 is 53.0. The Morgan fingerprint density at radius 1 is 0.450 bits per heavy atom. The van der Waals surface area contributed by atoms with Gasteiger partial charge in [0.25, 0.3) is 0 Å². The van der Waals surface area contributed by atoms with Crippen LogP contribution < -0.4 is 0 Å². The fraction of sp³-hybridized carbons (Fsp3) is 0.926. The molecule has 0 bridgehead atoms. The van der Waals surface area contributed by atoms with Gasteiger partial charge in [-0.3, -0.25) is 4.79 Å². The normalized spacial score (nSPS) is 11.2. The van der Waals surface area contributed by atoms with Crippen molar-refractivity contribution in [3.05, 3.63) is 0 Å². The fourth-order valence-electron chi connectivity index (χ4n) is 2.90. The molecular formula is C27H52O13. The van der Waals surface area contributed by atoms with E-state index in [0.717, 1.165) is 25.7 Å². The zero-order valence-corrected chi connectivity index (χ0v) is 24.3. The number of hydrogen-bond donors (Lipinski definition) is 1. The van der Waals surface area contributed by atoms with E-state index in [1.807, 2.05) is 0 Å². The van der Waals surface area contributed by atoms with Gasteiger partial charge in [0.2, 0.25) is 0 Å². The van der Waals surface area contributed by atoms with E-state index in [-0.39, 0.29) is 25.8 Å². The minimum Gasteiger partial charge on any atom is -0.480 e. The number of aliphatic carboxylic acids is 1. The van der Waals surface area contributed by atoms with Gasteiger partial charge in [0, 0.05) is 6.42 Å². The molecule has 40 heavy (non-hydrogen) atoms. The van der Waals surface area contributed by atoms with E-state index < -0.39 is 5.97 Å². The van der Waals surface area contributed by atoms with Crippen LogP contribution in [0.5, 0.6) is 0 Å². The minimum atomic E-state index is -0.997. The molecule has 0 aliphatic heterocycles. The molecule has 0 heterocycles. The summed E-state index contributed by atoms with van der Waals surface area (Å²) in [6.45, 7) is 9.55. The topological polar surface area (TPSA) is 147 Å². The average molecular weight is 585 g/mol. The summed E-state index contributed by atoms with van der Waals surface area (Å²) in [6.07, 6.45) is 4.74. The van der Waals surface area contributed by atoms with E-state index in [2.05, 4.69) is 6.92 Å². The van der Waals surface area contributed by atoms with Crippen molar-refractivity contribution in [2.45, 2.75) is 39.0 Å². The molecule has 0 spiro atoms. The lowest BCUT2D eigenvalue weighted by Gasteiger charge is -2.09. The van der Waals surface area contributed by atoms with Crippen molar-refractivity contribution in [1.29, 1.82) is 0 Å². The molecule has 0 aromatic rings. The molecule has 0 aromatic carbocycles. The molecule has 0 aliphatic rings. The SMILES string of the molecule is CCCCCCC(=O)OCCOCCOCCOCCOCCOCCOCCOCCOCCOCC(=O)O. The van der Waals surface area contributed by atoms with Crippen molar-refractivity contribution in [3.8, 4) is 0 Å². The van der Waals surface area contributed by atoms with Gasteiger partial charge < -0.3 is 52.5 Å². The second kappa shape index (κ2) is 33.8. The number of carbonyl (C=O) groups excluding carboxylic acids is 1. The van der Waals surface area contributed by atoms with Crippen LogP contribution in [0.3, 0.4) is 0 Å². The number of carboxylic acid groups (broad SMARTS) is 1. The number of hydrogen-bond acceptors (Lipinski definition) is 12. The lowest BCUT2D eigenvalue weighted by molar-refractivity contribution is -0.145. The van der Waals surface area contributed by atoms with Crippen molar-refractivity contribution >= 4 is 11.9 Å². The van der Waals surface area contributed by atoms with E-state index in [1.54, 1.807) is 0 Å². The number of esters is 1. The quantitative estimate of drug-likeness (QED) is 0.0866. The summed E-state index contributed by atoms with van der Waals surface area (Å²) in [5, 5.41) is 8.41. The first-order chi connectivity index (χ1) is 19.7. The van der Waals surface area contributed by atoms with Crippen molar-refractivity contribution in [2.24, 2.45) is 0 Å². The summed E-state index contributed by atoms with van der Waals surface area (Å²) in [5.41, 5.74) is 0. The van der Waals surface area contributed by atoms with Crippen LogP contribution in [0, 0.1) is 0 Å². The van der Waals surface area contributed by atoms with Crippen LogP contribution in [0.25, 0.3) is 0 Å². The lowest BCUT2D eigenvalue weighted by Crippen LogP contribution is -2.15. The van der Waals surface area contributed by atoms with Crippen LogP contribution in [0.4, 0.5) is 0 Å². The molecule has 238 valence electrons. The van der Waals surface area contributed by atoms with Crippen molar-refractivity contribution in [1.82, 2.24) is 0 Å². The van der Waals surface area contributed by atoms with Crippen molar-refractivity contribution in [2.75, 3.05) is 126 Å². The zero-order chi connectivity index (χ0) is 29.2. The molecule has 13 nitrogen and oxygen atoms in total. The van der Waals surface area contributed by atoms with E-state index in [0.29, 0.717) is 112 Å². The van der Waals surface area contributed by atoms with Crippen LogP contribution in [0.15, 0.2) is 0 Å². The largest absolute Gasteiger partial charge is 0.480 e. The maximum atomic E-state index is 11.5. The third kappa shape index (κ3) is 34.6. The Balaban J connectivity index is 3.08. The predicted octanol–water partition coefficient (Wildman–Crippen LogP) is 1.73. The monoisotopic (exact) mass is 584 g/mol. The first kappa shape index (κ1) is 38.6. The van der Waals surface area contributed by atoms with Gasteiger partial charge in [0.15, 0.2) is 0 Å². The highest BCUT2D eigenvalue weighted by Gasteiger charge is 2.02. The van der Waals surface area contributed by atoms with Gasteiger partial charge in [-0.1, -0.05) is 26.2 Å². The lowest BCUT2D eigenvalue weighted by atomic mass is 10.2. The fourth-order valence-corrected chi connectivity index (χ4v) is 2.90. The zero-order valence-electron chi connectivity index (χ0n) is 24.3. The maximum absolute atomic E-state index is 11.5. The van der Waals surface area contributed by atoms with Crippen LogP contribution in [0.2, 0.25) is 0 Å². The van der Waals surface area contributed by atoms with Crippen LogP contribution in [-0.4, -0.2) is 143 Å². The maximum Gasteiger partial charge on any atom is 0.329 e. The number of carbonyl (C=O) groups is 2. The van der Waals surface area contributed by atoms with E-state index in [1.165, 1.54) is 0 Å². The molecule has 0 unspecified atom stereocenters. The smallest absolute Gasteiger partial charge is 0.329 e. The Morgan fingerprint density at radius 3 is 1.10 bits per heavy atom. The van der Waals surface area contributed by atoms with E-state index in [9.17, 15) is 9.59 Å². The molecule has 0 aliphatic carbocycles. The van der Waals surface area contributed by atoms with Gasteiger partial charge in [-0.05, 0) is 6.42 Å². The summed E-state index contributed by atoms with van der Waals surface area (Å²) in [7, 11) is 0. The van der Waals surface area contributed by atoms with Crippen LogP contribution in [-0.2, 0) is 57.0 Å². The highest BCUT2D eigenvalue weighted by Crippen LogP contribution is 2.03. The third-order valence-electron chi connectivity index (χ3n) is 4.93. The predicted molar refractivity (Wildman–Crippen MR) is 145 cm³/mol. The molecule has 0 atom stereocenters. The summed E-state index contributed by atoms with van der Waals surface area (Å²) >= 11 is 0. The molecule has 0 fully saturated rings. The Kier molecular flexibility index (Phi) is 32.6. The summed E-state index contributed by atoms with van der Waals surface area (Å²) in [6, 6.07) is 0. The van der Waals surface area contributed by atoms with Gasteiger partial charge in [-0.2, -0.15) is 0 Å². The van der Waals surface area contributed by atoms with Gasteiger partial charge in [-0.25, -0.2) is 4.79 Å². The van der Waals surface area contributed by atoms with Gasteiger partial charge in [0.05, 0.1) is 112 Å². The molecule has 0 saturated heterocycles. The number of ether oxygens (including phenoxy) is 10. The highest BCUT2D eigenvalue weighted by atomic mass is 16.6. The van der Waals surface area contributed by atoms with Crippen molar-refractivity contribution in [3.63, 3.8) is 0 Å². The molecule has 0 amide bonds. The molecule has 0 aromatic heterocycles. The Hall–Kier alpha value is -1.42. The van der Waals surface area contributed by atoms with Crippen LogP contribution in [0.1, 0.15) is 39.0 Å². The van der Waals surface area contributed by atoms with Crippen molar-refractivity contribution < 1.29 is 62.1 Å². The second-order valence-electron chi connectivity index (χ2n) is 8.38. The average Bonchev–Trinajstić information content (AvgIpc) is 2.94. The first-order valence-corrected chi connectivity index (χ1v) is 14.2.